The molecule has 0 bridgehead atoms. The fourth-order valence-corrected chi connectivity index (χ4v) is 3.37. The van der Waals surface area contributed by atoms with Gasteiger partial charge >= 0.3 is 0 Å². The monoisotopic (exact) mass is 407 g/mol. The van der Waals surface area contributed by atoms with Crippen molar-refractivity contribution in [3.05, 3.63) is 83.2 Å². The number of hydrogen-bond donors (Lipinski definition) is 2. The molecule has 0 radical (unpaired) electrons. The van der Waals surface area contributed by atoms with Crippen molar-refractivity contribution in [2.45, 2.75) is 0 Å². The number of carbonyl (C=O) groups is 2. The number of thiophene rings is 1. The molecule has 0 atom stereocenters. The van der Waals surface area contributed by atoms with Crippen molar-refractivity contribution in [3.8, 4) is 16.4 Å². The number of hydrogen-bond acceptors (Lipinski definition) is 5. The lowest BCUT2D eigenvalue weighted by molar-refractivity contribution is 0.0994. The van der Waals surface area contributed by atoms with Crippen molar-refractivity contribution in [1.82, 2.24) is 14.8 Å². The van der Waals surface area contributed by atoms with Crippen LogP contribution in [0.15, 0.2) is 66.0 Å². The molecule has 0 saturated carbocycles. The molecule has 4 aromatic rings. The Hall–Kier alpha value is -3.85. The zero-order valence-electron chi connectivity index (χ0n) is 14.9. The summed E-state index contributed by atoms with van der Waals surface area (Å²) in [6.45, 7) is 0. The second kappa shape index (κ2) is 7.64. The molecule has 0 saturated heterocycles. The molecular weight excluding hydrogens is 393 g/mol. The Morgan fingerprint density at radius 3 is 2.55 bits per heavy atom. The van der Waals surface area contributed by atoms with Gasteiger partial charge in [0.05, 0.1) is 10.6 Å². The normalized spacial score (nSPS) is 10.7. The molecule has 9 heteroatoms. The first kappa shape index (κ1) is 18.5. The first-order chi connectivity index (χ1) is 14.0. The number of rotatable bonds is 5. The van der Waals surface area contributed by atoms with Crippen LogP contribution < -0.4 is 11.1 Å². The van der Waals surface area contributed by atoms with E-state index in [9.17, 15) is 14.0 Å². The average molecular weight is 407 g/mol. The van der Waals surface area contributed by atoms with Gasteiger partial charge < -0.3 is 11.1 Å². The van der Waals surface area contributed by atoms with E-state index >= 15 is 0 Å². The number of primary amides is 1. The Kier molecular flexibility index (Phi) is 4.88. The van der Waals surface area contributed by atoms with Crippen molar-refractivity contribution in [1.29, 1.82) is 0 Å². The number of nitrogens with zero attached hydrogens (tertiary/aromatic N) is 3. The van der Waals surface area contributed by atoms with Gasteiger partial charge in [0.2, 0.25) is 11.7 Å². The second-order valence-electron chi connectivity index (χ2n) is 6.02. The maximum Gasteiger partial charge on any atom is 0.295 e. The average Bonchev–Trinajstić information content (AvgIpc) is 3.38. The van der Waals surface area contributed by atoms with Gasteiger partial charge in [-0.2, -0.15) is 0 Å². The first-order valence-corrected chi connectivity index (χ1v) is 9.37. The molecule has 3 N–H and O–H groups in total. The summed E-state index contributed by atoms with van der Waals surface area (Å²) in [6.07, 6.45) is 0. The summed E-state index contributed by atoms with van der Waals surface area (Å²) in [5, 5.41) is 8.85. The van der Waals surface area contributed by atoms with Crippen LogP contribution in [0, 0.1) is 5.82 Å². The van der Waals surface area contributed by atoms with Gasteiger partial charge in [-0.05, 0) is 53.9 Å². The van der Waals surface area contributed by atoms with Crippen LogP contribution in [0.2, 0.25) is 0 Å². The summed E-state index contributed by atoms with van der Waals surface area (Å²) in [6, 6.07) is 15.7. The van der Waals surface area contributed by atoms with E-state index in [4.69, 9.17) is 5.73 Å². The smallest absolute Gasteiger partial charge is 0.295 e. The molecule has 7 nitrogen and oxygen atoms in total. The largest absolute Gasteiger partial charge is 0.366 e. The minimum Gasteiger partial charge on any atom is -0.366 e. The lowest BCUT2D eigenvalue weighted by Gasteiger charge is -2.04. The second-order valence-corrected chi connectivity index (χ2v) is 6.97. The Labute approximate surface area is 168 Å². The summed E-state index contributed by atoms with van der Waals surface area (Å²) in [7, 11) is 0. The fraction of sp³-hybridized carbons (Fsp3) is 0. The number of nitrogens with one attached hydrogen (secondary N) is 1. The third-order valence-corrected chi connectivity index (χ3v) is 4.89. The molecule has 144 valence electrons. The van der Waals surface area contributed by atoms with E-state index in [0.29, 0.717) is 17.2 Å². The summed E-state index contributed by atoms with van der Waals surface area (Å²) >= 11 is 1.44. The Balaban J connectivity index is 1.70. The van der Waals surface area contributed by atoms with Crippen molar-refractivity contribution in [2.75, 3.05) is 5.32 Å². The van der Waals surface area contributed by atoms with Crippen LogP contribution in [-0.4, -0.2) is 26.6 Å². The van der Waals surface area contributed by atoms with E-state index in [0.717, 1.165) is 4.88 Å². The number of aromatic nitrogens is 3. The Morgan fingerprint density at radius 1 is 1.07 bits per heavy atom. The van der Waals surface area contributed by atoms with Crippen LogP contribution in [0.1, 0.15) is 21.0 Å². The van der Waals surface area contributed by atoms with E-state index in [2.05, 4.69) is 15.4 Å². The van der Waals surface area contributed by atoms with Gasteiger partial charge in [0, 0.05) is 11.3 Å². The highest BCUT2D eigenvalue weighted by atomic mass is 32.1. The summed E-state index contributed by atoms with van der Waals surface area (Å²) < 4.78 is 14.8. The van der Waals surface area contributed by atoms with Gasteiger partial charge in [0.1, 0.15) is 5.82 Å². The number of nitrogens with two attached hydrogens (primary N) is 1. The number of carbonyl (C=O) groups excluding carboxylic acids is 2. The predicted octanol–water partition coefficient (Wildman–Crippen LogP) is 3.49. The highest BCUT2D eigenvalue weighted by Gasteiger charge is 2.20. The standard InChI is InChI=1S/C20H14FN5O2S/c21-13-6-8-15(9-7-13)26-19(16-5-2-10-29-16)24-18(25-26)20(28)23-14-4-1-3-12(11-14)17(22)27/h1-11H,(H2,22,27)(H,23,28). The van der Waals surface area contributed by atoms with E-state index < -0.39 is 11.8 Å². The van der Waals surface area contributed by atoms with Crippen LogP contribution in [0.5, 0.6) is 0 Å². The SMILES string of the molecule is NC(=O)c1cccc(NC(=O)c2nc(-c3cccs3)n(-c3ccc(F)cc3)n2)c1. The quantitative estimate of drug-likeness (QED) is 0.529. The van der Waals surface area contributed by atoms with Crippen LogP contribution in [0.3, 0.4) is 0 Å². The van der Waals surface area contributed by atoms with Gasteiger partial charge in [0.15, 0.2) is 5.82 Å². The zero-order chi connectivity index (χ0) is 20.4. The first-order valence-electron chi connectivity index (χ1n) is 8.49. The number of halogens is 1. The van der Waals surface area contributed by atoms with Gasteiger partial charge in [-0.15, -0.1) is 16.4 Å². The van der Waals surface area contributed by atoms with Crippen LogP contribution in [0.25, 0.3) is 16.4 Å². The number of amides is 2. The molecule has 2 amide bonds. The molecule has 0 aliphatic carbocycles. The van der Waals surface area contributed by atoms with Gasteiger partial charge in [-0.1, -0.05) is 12.1 Å². The molecule has 0 unspecified atom stereocenters. The molecule has 0 aliphatic rings. The van der Waals surface area contributed by atoms with Gasteiger partial charge in [-0.25, -0.2) is 14.1 Å². The molecule has 29 heavy (non-hydrogen) atoms. The molecule has 0 aliphatic heterocycles. The summed E-state index contributed by atoms with van der Waals surface area (Å²) in [4.78, 5) is 29.2. The van der Waals surface area contributed by atoms with Crippen molar-refractivity contribution >= 4 is 28.8 Å². The number of anilines is 1. The lowest BCUT2D eigenvalue weighted by atomic mass is 10.2. The molecule has 2 aromatic heterocycles. The van der Waals surface area contributed by atoms with Crippen LogP contribution >= 0.6 is 11.3 Å². The molecule has 2 heterocycles. The zero-order valence-corrected chi connectivity index (χ0v) is 15.7. The van der Waals surface area contributed by atoms with Gasteiger partial charge in [0.25, 0.3) is 5.91 Å². The summed E-state index contributed by atoms with van der Waals surface area (Å²) in [5.41, 5.74) is 6.50. The van der Waals surface area contributed by atoms with Crippen LogP contribution in [0.4, 0.5) is 10.1 Å². The highest BCUT2D eigenvalue weighted by Crippen LogP contribution is 2.26. The Morgan fingerprint density at radius 2 is 1.86 bits per heavy atom. The molecule has 0 fully saturated rings. The molecule has 4 rings (SSSR count). The molecule has 2 aromatic carbocycles. The summed E-state index contributed by atoms with van der Waals surface area (Å²) in [5.74, 6) is -1.13. The highest BCUT2D eigenvalue weighted by molar-refractivity contribution is 7.13. The van der Waals surface area contributed by atoms with E-state index in [-0.39, 0.29) is 17.2 Å². The Bertz CT molecular complexity index is 1190. The predicted molar refractivity (Wildman–Crippen MR) is 108 cm³/mol. The van der Waals surface area contributed by atoms with Crippen molar-refractivity contribution in [2.24, 2.45) is 5.73 Å². The third-order valence-electron chi connectivity index (χ3n) is 4.03. The fourth-order valence-electron chi connectivity index (χ4n) is 2.67. The van der Waals surface area contributed by atoms with Crippen molar-refractivity contribution in [3.63, 3.8) is 0 Å². The van der Waals surface area contributed by atoms with Crippen molar-refractivity contribution < 1.29 is 14.0 Å². The third kappa shape index (κ3) is 3.90. The molecular formula is C20H14FN5O2S. The van der Waals surface area contributed by atoms with E-state index in [1.165, 1.54) is 34.2 Å². The van der Waals surface area contributed by atoms with E-state index in [1.807, 2.05) is 17.5 Å². The molecule has 0 spiro atoms. The maximum atomic E-state index is 13.3. The van der Waals surface area contributed by atoms with Crippen LogP contribution in [-0.2, 0) is 0 Å². The maximum absolute atomic E-state index is 13.3. The van der Waals surface area contributed by atoms with E-state index in [1.54, 1.807) is 30.3 Å². The minimum atomic E-state index is -0.597. The lowest BCUT2D eigenvalue weighted by Crippen LogP contribution is -2.16. The minimum absolute atomic E-state index is 0.0674. The number of benzene rings is 2. The topological polar surface area (TPSA) is 103 Å². The van der Waals surface area contributed by atoms with Gasteiger partial charge in [-0.3, -0.25) is 9.59 Å².